The summed E-state index contributed by atoms with van der Waals surface area (Å²) in [5.74, 6) is -0.164. The summed E-state index contributed by atoms with van der Waals surface area (Å²) in [7, 11) is -1.84. The Kier molecular flexibility index (Phi) is 8.03. The maximum Gasteiger partial charge on any atom is 0.241 e. The number of hydrogen-bond donors (Lipinski definition) is 3. The molecule has 3 N–H and O–H groups in total. The number of hydrogen-bond acceptors (Lipinski definition) is 4. The first-order chi connectivity index (χ1) is 9.64. The lowest BCUT2D eigenvalue weighted by Crippen LogP contribution is -2.40. The zero-order valence-corrected chi connectivity index (χ0v) is 14.9. The maximum absolute atomic E-state index is 12.2. The average Bonchev–Trinajstić information content (AvgIpc) is 2.34. The Morgan fingerprint density at radius 2 is 1.86 bits per heavy atom. The van der Waals surface area contributed by atoms with Crippen LogP contribution in [-0.2, 0) is 14.8 Å². The van der Waals surface area contributed by atoms with Crippen LogP contribution >= 0.6 is 12.4 Å². The number of halogens is 1. The van der Waals surface area contributed by atoms with Crippen LogP contribution in [0.1, 0.15) is 27.2 Å². The van der Waals surface area contributed by atoms with E-state index in [1.165, 1.54) is 12.1 Å². The fourth-order valence-corrected chi connectivity index (χ4v) is 3.13. The molecule has 0 bridgehead atoms. The number of benzene rings is 1. The number of amides is 1. The summed E-state index contributed by atoms with van der Waals surface area (Å²) < 4.78 is 27.0. The molecule has 1 aromatic rings. The summed E-state index contributed by atoms with van der Waals surface area (Å²) in [4.78, 5) is 11.8. The van der Waals surface area contributed by atoms with Gasteiger partial charge in [0.2, 0.25) is 15.9 Å². The molecule has 0 unspecified atom stereocenters. The second kappa shape index (κ2) is 8.47. The molecule has 0 saturated heterocycles. The van der Waals surface area contributed by atoms with Crippen LogP contribution < -0.4 is 15.4 Å². The molecule has 126 valence electrons. The van der Waals surface area contributed by atoms with Gasteiger partial charge in [0.05, 0.1) is 4.90 Å². The molecule has 0 aliphatic rings. The number of carbonyl (C=O) groups excluding carboxylic acids is 1. The zero-order valence-electron chi connectivity index (χ0n) is 13.3. The van der Waals surface area contributed by atoms with Gasteiger partial charge < -0.3 is 10.6 Å². The van der Waals surface area contributed by atoms with Gasteiger partial charge in [-0.3, -0.25) is 4.79 Å². The molecule has 1 rings (SSSR count). The Bertz CT molecular complexity index is 598. The smallest absolute Gasteiger partial charge is 0.241 e. The number of rotatable bonds is 6. The van der Waals surface area contributed by atoms with Gasteiger partial charge in [0, 0.05) is 24.2 Å². The minimum atomic E-state index is -3.61. The van der Waals surface area contributed by atoms with E-state index >= 15 is 0 Å². The van der Waals surface area contributed by atoms with Crippen LogP contribution in [0, 0.1) is 0 Å². The van der Waals surface area contributed by atoms with Crippen molar-refractivity contribution >= 4 is 34.0 Å². The molecule has 0 aromatic heterocycles. The van der Waals surface area contributed by atoms with Crippen molar-refractivity contribution in [3.8, 4) is 0 Å². The SMILES string of the molecule is CNCCC(=O)Nc1cccc(S(=O)(=O)NC(C)(C)C)c1.Cl. The maximum atomic E-state index is 12.2. The van der Waals surface area contributed by atoms with Gasteiger partial charge in [-0.15, -0.1) is 12.4 Å². The first-order valence-electron chi connectivity index (χ1n) is 6.72. The Morgan fingerprint density at radius 3 is 2.41 bits per heavy atom. The van der Waals surface area contributed by atoms with Crippen molar-refractivity contribution < 1.29 is 13.2 Å². The predicted molar refractivity (Wildman–Crippen MR) is 90.9 cm³/mol. The summed E-state index contributed by atoms with van der Waals surface area (Å²) >= 11 is 0. The van der Waals surface area contributed by atoms with Gasteiger partial charge in [-0.1, -0.05) is 6.07 Å². The van der Waals surface area contributed by atoms with Gasteiger partial charge in [0.1, 0.15) is 0 Å². The van der Waals surface area contributed by atoms with E-state index in [1.54, 1.807) is 40.0 Å². The standard InChI is InChI=1S/C14H23N3O3S.ClH/c1-14(2,3)17-21(19,20)12-7-5-6-11(10-12)16-13(18)8-9-15-4;/h5-7,10,15,17H,8-9H2,1-4H3,(H,16,18);1H. The molecule has 22 heavy (non-hydrogen) atoms. The van der Waals surface area contributed by atoms with E-state index in [-0.39, 0.29) is 23.2 Å². The zero-order chi connectivity index (χ0) is 16.1. The number of sulfonamides is 1. The molecule has 0 saturated carbocycles. The average molecular weight is 350 g/mol. The lowest BCUT2D eigenvalue weighted by Gasteiger charge is -2.20. The summed E-state index contributed by atoms with van der Waals surface area (Å²) in [5.41, 5.74) is -0.0990. The molecule has 6 nitrogen and oxygen atoms in total. The topological polar surface area (TPSA) is 87.3 Å². The van der Waals surface area contributed by atoms with E-state index in [0.29, 0.717) is 18.7 Å². The van der Waals surface area contributed by atoms with E-state index < -0.39 is 15.6 Å². The van der Waals surface area contributed by atoms with Crippen molar-refractivity contribution in [2.75, 3.05) is 18.9 Å². The van der Waals surface area contributed by atoms with Crippen LogP contribution in [0.25, 0.3) is 0 Å². The van der Waals surface area contributed by atoms with E-state index in [4.69, 9.17) is 0 Å². The highest BCUT2D eigenvalue weighted by molar-refractivity contribution is 7.89. The number of carbonyl (C=O) groups is 1. The van der Waals surface area contributed by atoms with Crippen LogP contribution in [0.3, 0.4) is 0 Å². The van der Waals surface area contributed by atoms with Gasteiger partial charge >= 0.3 is 0 Å². The van der Waals surface area contributed by atoms with Gasteiger partial charge in [0.25, 0.3) is 0 Å². The Labute approximate surface area is 138 Å². The van der Waals surface area contributed by atoms with Crippen LogP contribution in [0.15, 0.2) is 29.2 Å². The van der Waals surface area contributed by atoms with Crippen molar-refractivity contribution in [1.82, 2.24) is 10.0 Å². The first kappa shape index (κ1) is 20.9. The third-order valence-electron chi connectivity index (χ3n) is 2.47. The van der Waals surface area contributed by atoms with Crippen LogP contribution in [0.5, 0.6) is 0 Å². The van der Waals surface area contributed by atoms with Crippen molar-refractivity contribution in [3.05, 3.63) is 24.3 Å². The van der Waals surface area contributed by atoms with Crippen LogP contribution in [0.4, 0.5) is 5.69 Å². The third-order valence-corrected chi connectivity index (χ3v) is 4.23. The highest BCUT2D eigenvalue weighted by atomic mass is 35.5. The molecule has 1 aromatic carbocycles. The minimum absolute atomic E-state index is 0. The summed E-state index contributed by atoms with van der Waals surface area (Å²) in [6.45, 7) is 5.88. The minimum Gasteiger partial charge on any atom is -0.326 e. The normalized spacial score (nSPS) is 11.6. The quantitative estimate of drug-likeness (QED) is 0.730. The van der Waals surface area contributed by atoms with E-state index in [9.17, 15) is 13.2 Å². The summed E-state index contributed by atoms with van der Waals surface area (Å²) in [6.07, 6.45) is 0.327. The van der Waals surface area contributed by atoms with Crippen molar-refractivity contribution in [3.63, 3.8) is 0 Å². The van der Waals surface area contributed by atoms with Gasteiger partial charge in [0.15, 0.2) is 0 Å². The second-order valence-electron chi connectivity index (χ2n) is 5.79. The van der Waals surface area contributed by atoms with Crippen molar-refractivity contribution in [2.45, 2.75) is 37.6 Å². The van der Waals surface area contributed by atoms with E-state index in [2.05, 4.69) is 15.4 Å². The molecule has 1 amide bonds. The Hall–Kier alpha value is -1.15. The van der Waals surface area contributed by atoms with Crippen LogP contribution in [0.2, 0.25) is 0 Å². The summed E-state index contributed by atoms with van der Waals surface area (Å²) in [5, 5.41) is 5.56. The molecule has 0 fully saturated rings. The molecular formula is C14H24ClN3O3S. The van der Waals surface area contributed by atoms with Gasteiger partial charge in [-0.2, -0.15) is 0 Å². The molecule has 0 aliphatic carbocycles. The van der Waals surface area contributed by atoms with Gasteiger partial charge in [-0.05, 0) is 46.0 Å². The first-order valence-corrected chi connectivity index (χ1v) is 8.21. The highest BCUT2D eigenvalue weighted by Crippen LogP contribution is 2.17. The monoisotopic (exact) mass is 349 g/mol. The third kappa shape index (κ3) is 7.22. The number of nitrogens with one attached hydrogen (secondary N) is 3. The molecule has 0 aliphatic heterocycles. The van der Waals surface area contributed by atoms with Gasteiger partial charge in [-0.25, -0.2) is 13.1 Å². The molecule has 0 radical (unpaired) electrons. The molecule has 8 heteroatoms. The van der Waals surface area contributed by atoms with Crippen LogP contribution in [-0.4, -0.2) is 33.5 Å². The van der Waals surface area contributed by atoms with E-state index in [1.807, 2.05) is 0 Å². The molecular weight excluding hydrogens is 326 g/mol. The number of anilines is 1. The molecule has 0 atom stereocenters. The van der Waals surface area contributed by atoms with E-state index in [0.717, 1.165) is 0 Å². The Morgan fingerprint density at radius 1 is 1.23 bits per heavy atom. The Balaban J connectivity index is 0.00000441. The highest BCUT2D eigenvalue weighted by Gasteiger charge is 2.22. The van der Waals surface area contributed by atoms with Crippen molar-refractivity contribution in [2.24, 2.45) is 0 Å². The fourth-order valence-electron chi connectivity index (χ4n) is 1.67. The summed E-state index contributed by atoms with van der Waals surface area (Å²) in [6, 6.07) is 6.21. The molecule has 0 heterocycles. The predicted octanol–water partition coefficient (Wildman–Crippen LogP) is 1.73. The van der Waals surface area contributed by atoms with Crippen molar-refractivity contribution in [1.29, 1.82) is 0 Å². The molecule has 0 spiro atoms. The second-order valence-corrected chi connectivity index (χ2v) is 7.47. The largest absolute Gasteiger partial charge is 0.326 e. The lowest BCUT2D eigenvalue weighted by molar-refractivity contribution is -0.116. The lowest BCUT2D eigenvalue weighted by atomic mass is 10.1. The fraction of sp³-hybridized carbons (Fsp3) is 0.500.